The SMILES string of the molecule is CC(C)COC(=O)N1CCC(COc2ccc3c(c2)CCN(CC2CC2)CC3)CC1. The van der Waals surface area contributed by atoms with Crippen LogP contribution in [0.5, 0.6) is 5.75 Å². The van der Waals surface area contributed by atoms with Gasteiger partial charge in [-0.3, -0.25) is 0 Å². The Labute approximate surface area is 181 Å². The highest BCUT2D eigenvalue weighted by Gasteiger charge is 2.26. The van der Waals surface area contributed by atoms with E-state index in [2.05, 4.69) is 36.9 Å². The maximum atomic E-state index is 12.1. The van der Waals surface area contributed by atoms with Crippen LogP contribution in [0.1, 0.15) is 50.7 Å². The number of amides is 1. The lowest BCUT2D eigenvalue weighted by atomic mass is 9.98. The first kappa shape index (κ1) is 21.5. The van der Waals surface area contributed by atoms with Crippen LogP contribution < -0.4 is 4.74 Å². The van der Waals surface area contributed by atoms with Crippen LogP contribution in [0.25, 0.3) is 0 Å². The Hall–Kier alpha value is -1.75. The third kappa shape index (κ3) is 6.13. The number of fused-ring (bicyclic) bond motifs is 1. The van der Waals surface area contributed by atoms with Gasteiger partial charge < -0.3 is 19.3 Å². The molecule has 166 valence electrons. The molecule has 30 heavy (non-hydrogen) atoms. The number of piperidine rings is 1. The molecule has 2 fully saturated rings. The zero-order valence-corrected chi connectivity index (χ0v) is 18.8. The molecule has 1 aromatic carbocycles. The average Bonchev–Trinajstić information content (AvgIpc) is 3.59. The topological polar surface area (TPSA) is 42.0 Å². The summed E-state index contributed by atoms with van der Waals surface area (Å²) < 4.78 is 11.5. The van der Waals surface area contributed by atoms with Gasteiger partial charge in [-0.05, 0) is 79.5 Å². The second-order valence-corrected chi connectivity index (χ2v) is 9.89. The van der Waals surface area contributed by atoms with Crippen molar-refractivity contribution in [3.05, 3.63) is 29.3 Å². The van der Waals surface area contributed by atoms with Crippen LogP contribution in [0, 0.1) is 17.8 Å². The second kappa shape index (κ2) is 10.0. The van der Waals surface area contributed by atoms with E-state index in [-0.39, 0.29) is 6.09 Å². The molecule has 0 N–H and O–H groups in total. The number of carbonyl (C=O) groups excluding carboxylic acids is 1. The molecule has 0 aromatic heterocycles. The highest BCUT2D eigenvalue weighted by atomic mass is 16.6. The molecule has 5 nitrogen and oxygen atoms in total. The van der Waals surface area contributed by atoms with Gasteiger partial charge in [0.05, 0.1) is 13.2 Å². The molecule has 0 atom stereocenters. The molecular weight excluding hydrogens is 376 g/mol. The van der Waals surface area contributed by atoms with E-state index in [1.807, 2.05) is 4.90 Å². The van der Waals surface area contributed by atoms with E-state index >= 15 is 0 Å². The van der Waals surface area contributed by atoms with Crippen molar-refractivity contribution < 1.29 is 14.3 Å². The predicted molar refractivity (Wildman–Crippen MR) is 119 cm³/mol. The number of hydrogen-bond donors (Lipinski definition) is 0. The first-order valence-electron chi connectivity index (χ1n) is 12.0. The van der Waals surface area contributed by atoms with Crippen LogP contribution in [-0.4, -0.2) is 61.8 Å². The summed E-state index contributed by atoms with van der Waals surface area (Å²) in [6.45, 7) is 10.6. The van der Waals surface area contributed by atoms with Crippen molar-refractivity contribution in [2.45, 2.75) is 52.4 Å². The molecule has 2 aliphatic heterocycles. The fraction of sp³-hybridized carbons (Fsp3) is 0.720. The van der Waals surface area contributed by atoms with Crippen LogP contribution in [0.15, 0.2) is 18.2 Å². The van der Waals surface area contributed by atoms with Crippen molar-refractivity contribution in [1.82, 2.24) is 9.80 Å². The number of ether oxygens (including phenoxy) is 2. The molecule has 0 spiro atoms. The van der Waals surface area contributed by atoms with Crippen molar-refractivity contribution in [3.63, 3.8) is 0 Å². The predicted octanol–water partition coefficient (Wildman–Crippen LogP) is 4.38. The largest absolute Gasteiger partial charge is 0.493 e. The summed E-state index contributed by atoms with van der Waals surface area (Å²) in [5, 5.41) is 0. The van der Waals surface area contributed by atoms with E-state index < -0.39 is 0 Å². The van der Waals surface area contributed by atoms with Gasteiger partial charge in [-0.1, -0.05) is 19.9 Å². The van der Waals surface area contributed by atoms with Crippen molar-refractivity contribution in [1.29, 1.82) is 0 Å². The molecule has 1 saturated carbocycles. The number of hydrogen-bond acceptors (Lipinski definition) is 4. The third-order valence-electron chi connectivity index (χ3n) is 6.68. The minimum atomic E-state index is -0.162. The maximum Gasteiger partial charge on any atom is 0.409 e. The van der Waals surface area contributed by atoms with Gasteiger partial charge in [0.25, 0.3) is 0 Å². The number of rotatable bonds is 7. The molecule has 3 aliphatic rings. The van der Waals surface area contributed by atoms with E-state index in [0.717, 1.165) is 57.0 Å². The maximum absolute atomic E-state index is 12.1. The fourth-order valence-corrected chi connectivity index (χ4v) is 4.51. The second-order valence-electron chi connectivity index (χ2n) is 9.89. The minimum Gasteiger partial charge on any atom is -0.493 e. The normalized spacial score (nSPS) is 20.7. The summed E-state index contributed by atoms with van der Waals surface area (Å²) in [6.07, 6.45) is 6.96. The molecule has 0 unspecified atom stereocenters. The van der Waals surface area contributed by atoms with Gasteiger partial charge in [-0.25, -0.2) is 4.79 Å². The van der Waals surface area contributed by atoms with Crippen molar-refractivity contribution in [2.75, 3.05) is 45.9 Å². The van der Waals surface area contributed by atoms with Gasteiger partial charge in [0.2, 0.25) is 0 Å². The Morgan fingerprint density at radius 2 is 1.73 bits per heavy atom. The first-order chi connectivity index (χ1) is 14.6. The molecule has 1 saturated heterocycles. The van der Waals surface area contributed by atoms with Crippen molar-refractivity contribution >= 4 is 6.09 Å². The minimum absolute atomic E-state index is 0.162. The number of likely N-dealkylation sites (tertiary alicyclic amines) is 1. The quantitative estimate of drug-likeness (QED) is 0.664. The zero-order valence-electron chi connectivity index (χ0n) is 18.8. The number of benzene rings is 1. The summed E-state index contributed by atoms with van der Waals surface area (Å²) in [5.74, 6) is 2.85. The van der Waals surface area contributed by atoms with Crippen LogP contribution >= 0.6 is 0 Å². The number of nitrogens with zero attached hydrogens (tertiary/aromatic N) is 2. The lowest BCUT2D eigenvalue weighted by Gasteiger charge is -2.31. The lowest BCUT2D eigenvalue weighted by molar-refractivity contribution is 0.0733. The van der Waals surface area contributed by atoms with Gasteiger partial charge in [0.1, 0.15) is 5.75 Å². The van der Waals surface area contributed by atoms with E-state index in [0.29, 0.717) is 18.4 Å². The first-order valence-corrected chi connectivity index (χ1v) is 12.0. The smallest absolute Gasteiger partial charge is 0.409 e. The zero-order chi connectivity index (χ0) is 20.9. The molecule has 4 rings (SSSR count). The van der Waals surface area contributed by atoms with Gasteiger partial charge >= 0.3 is 6.09 Å². The Morgan fingerprint density at radius 3 is 2.43 bits per heavy atom. The van der Waals surface area contributed by atoms with Crippen LogP contribution in [0.4, 0.5) is 4.79 Å². The van der Waals surface area contributed by atoms with Gasteiger partial charge in [0, 0.05) is 32.7 Å². The molecule has 0 radical (unpaired) electrons. The summed E-state index contributed by atoms with van der Waals surface area (Å²) in [5.41, 5.74) is 2.96. The Kier molecular flexibility index (Phi) is 7.19. The average molecular weight is 415 g/mol. The third-order valence-corrected chi connectivity index (χ3v) is 6.68. The van der Waals surface area contributed by atoms with Crippen LogP contribution in [0.2, 0.25) is 0 Å². The Balaban J connectivity index is 1.21. The Morgan fingerprint density at radius 1 is 1.00 bits per heavy atom. The van der Waals surface area contributed by atoms with Gasteiger partial charge in [-0.15, -0.1) is 0 Å². The fourth-order valence-electron chi connectivity index (χ4n) is 4.51. The summed E-state index contributed by atoms with van der Waals surface area (Å²) >= 11 is 0. The molecule has 1 amide bonds. The van der Waals surface area contributed by atoms with Crippen molar-refractivity contribution in [2.24, 2.45) is 17.8 Å². The Bertz CT molecular complexity index is 708. The van der Waals surface area contributed by atoms with E-state index in [4.69, 9.17) is 9.47 Å². The monoisotopic (exact) mass is 414 g/mol. The summed E-state index contributed by atoms with van der Waals surface area (Å²) in [7, 11) is 0. The van der Waals surface area contributed by atoms with Gasteiger partial charge in [0.15, 0.2) is 0 Å². The molecule has 1 aromatic rings. The highest BCUT2D eigenvalue weighted by Crippen LogP contribution is 2.31. The van der Waals surface area contributed by atoms with Gasteiger partial charge in [-0.2, -0.15) is 0 Å². The summed E-state index contributed by atoms with van der Waals surface area (Å²) in [6, 6.07) is 6.70. The van der Waals surface area contributed by atoms with Crippen LogP contribution in [-0.2, 0) is 17.6 Å². The van der Waals surface area contributed by atoms with E-state index in [1.165, 1.54) is 43.6 Å². The highest BCUT2D eigenvalue weighted by molar-refractivity contribution is 5.67. The molecule has 1 aliphatic carbocycles. The lowest BCUT2D eigenvalue weighted by Crippen LogP contribution is -2.40. The van der Waals surface area contributed by atoms with E-state index in [9.17, 15) is 4.79 Å². The molecule has 0 bridgehead atoms. The number of carbonyl (C=O) groups is 1. The molecule has 2 heterocycles. The van der Waals surface area contributed by atoms with Crippen LogP contribution in [0.3, 0.4) is 0 Å². The van der Waals surface area contributed by atoms with Crippen molar-refractivity contribution in [3.8, 4) is 5.75 Å². The standard InChI is InChI=1S/C25H38N2O3/c1-19(2)17-30-25(28)27-13-7-21(8-14-27)18-29-24-6-5-22-9-11-26(16-20-3-4-20)12-10-23(22)15-24/h5-6,15,19-21H,3-4,7-14,16-18H2,1-2H3. The van der Waals surface area contributed by atoms with E-state index in [1.54, 1.807) is 0 Å². The molecule has 5 heteroatoms. The molecular formula is C25H38N2O3. The summed E-state index contributed by atoms with van der Waals surface area (Å²) in [4.78, 5) is 16.6.